The van der Waals surface area contributed by atoms with Gasteiger partial charge in [-0.15, -0.1) is 0 Å². The van der Waals surface area contributed by atoms with Crippen LogP contribution in [-0.4, -0.2) is 18.5 Å². The van der Waals surface area contributed by atoms with Crippen LogP contribution < -0.4 is 16.6 Å². The third kappa shape index (κ3) is 3.54. The second-order valence-electron chi connectivity index (χ2n) is 4.15. The first-order valence-corrected chi connectivity index (χ1v) is 5.53. The van der Waals surface area contributed by atoms with Crippen molar-refractivity contribution in [3.63, 3.8) is 0 Å². The number of aliphatic imine (C=N–C) groups is 1. The van der Waals surface area contributed by atoms with Crippen LogP contribution in [0.4, 0.5) is 0 Å². The Kier molecular flexibility index (Phi) is 4.73. The summed E-state index contributed by atoms with van der Waals surface area (Å²) in [5, 5.41) is 3.31. The van der Waals surface area contributed by atoms with Crippen LogP contribution in [0.5, 0.6) is 0 Å². The summed E-state index contributed by atoms with van der Waals surface area (Å²) in [6, 6.07) is 0.571. The molecule has 4 N–H and O–H groups in total. The zero-order valence-corrected chi connectivity index (χ0v) is 9.21. The van der Waals surface area contributed by atoms with Gasteiger partial charge in [-0.05, 0) is 25.2 Å². The van der Waals surface area contributed by atoms with E-state index in [0.717, 1.165) is 24.8 Å². The Morgan fingerprint density at radius 2 is 2.21 bits per heavy atom. The Hall–Kier alpha value is -0.770. The fraction of sp³-hybridized carbons (Fsp3) is 0.900. The van der Waals surface area contributed by atoms with Gasteiger partial charge in [-0.1, -0.05) is 20.3 Å². The van der Waals surface area contributed by atoms with Crippen LogP contribution in [-0.2, 0) is 0 Å². The van der Waals surface area contributed by atoms with E-state index in [1.165, 1.54) is 19.3 Å². The molecular formula is C10H22N4. The molecule has 1 aliphatic carbocycles. The van der Waals surface area contributed by atoms with Crippen LogP contribution in [0.3, 0.4) is 0 Å². The molecule has 0 saturated heterocycles. The van der Waals surface area contributed by atoms with Crippen LogP contribution in [0, 0.1) is 5.92 Å². The molecule has 0 spiro atoms. The summed E-state index contributed by atoms with van der Waals surface area (Å²) < 4.78 is 0. The molecule has 14 heavy (non-hydrogen) atoms. The van der Waals surface area contributed by atoms with Gasteiger partial charge in [-0.2, -0.15) is 0 Å². The molecule has 0 aromatic heterocycles. The van der Waals surface area contributed by atoms with Crippen LogP contribution in [0.1, 0.15) is 39.5 Å². The van der Waals surface area contributed by atoms with Crippen molar-refractivity contribution in [2.24, 2.45) is 16.8 Å². The molecular weight excluding hydrogens is 176 g/mol. The summed E-state index contributed by atoms with van der Waals surface area (Å²) in [6.07, 6.45) is 4.75. The van der Waals surface area contributed by atoms with E-state index in [-0.39, 0.29) is 0 Å². The maximum atomic E-state index is 5.37. The molecule has 1 fully saturated rings. The van der Waals surface area contributed by atoms with Gasteiger partial charge in [0.05, 0.1) is 0 Å². The van der Waals surface area contributed by atoms with E-state index < -0.39 is 0 Å². The van der Waals surface area contributed by atoms with Crippen molar-refractivity contribution in [2.75, 3.05) is 6.54 Å². The minimum Gasteiger partial charge on any atom is -0.353 e. The molecule has 4 nitrogen and oxygen atoms in total. The number of rotatable bonds is 4. The summed E-state index contributed by atoms with van der Waals surface area (Å²) in [5.41, 5.74) is 2.61. The van der Waals surface area contributed by atoms with Gasteiger partial charge in [0.25, 0.3) is 0 Å². The third-order valence-electron chi connectivity index (χ3n) is 2.63. The highest BCUT2D eigenvalue weighted by Gasteiger charge is 2.25. The molecule has 4 heteroatoms. The highest BCUT2D eigenvalue weighted by Crippen LogP contribution is 2.25. The monoisotopic (exact) mass is 198 g/mol. The van der Waals surface area contributed by atoms with E-state index in [0.29, 0.717) is 6.04 Å². The quantitative estimate of drug-likeness (QED) is 0.207. The molecule has 0 atom stereocenters. The average molecular weight is 198 g/mol. The largest absolute Gasteiger partial charge is 0.353 e. The maximum absolute atomic E-state index is 5.37. The first kappa shape index (κ1) is 11.3. The molecule has 0 radical (unpaired) electrons. The lowest BCUT2D eigenvalue weighted by molar-refractivity contribution is 0.266. The van der Waals surface area contributed by atoms with Gasteiger partial charge in [0.15, 0.2) is 0 Å². The topological polar surface area (TPSA) is 62.4 Å². The van der Waals surface area contributed by atoms with Crippen molar-refractivity contribution in [1.29, 1.82) is 0 Å². The highest BCUT2D eigenvalue weighted by atomic mass is 15.3. The average Bonchev–Trinajstić information content (AvgIpc) is 2.13. The van der Waals surface area contributed by atoms with E-state index in [9.17, 15) is 0 Å². The summed E-state index contributed by atoms with van der Waals surface area (Å²) in [6.45, 7) is 5.28. The van der Waals surface area contributed by atoms with Crippen molar-refractivity contribution in [2.45, 2.75) is 45.6 Å². The Labute approximate surface area is 86.3 Å². The highest BCUT2D eigenvalue weighted by molar-refractivity contribution is 5.79. The molecule has 1 rings (SSSR count). The lowest BCUT2D eigenvalue weighted by atomic mass is 9.82. The summed E-state index contributed by atoms with van der Waals surface area (Å²) in [7, 11) is 0. The zero-order valence-electron chi connectivity index (χ0n) is 9.21. The first-order chi connectivity index (χ1) is 6.76. The fourth-order valence-corrected chi connectivity index (χ4v) is 1.70. The number of hydrazine groups is 1. The summed E-state index contributed by atoms with van der Waals surface area (Å²) in [4.78, 5) is 4.35. The molecule has 0 amide bonds. The van der Waals surface area contributed by atoms with E-state index >= 15 is 0 Å². The Morgan fingerprint density at radius 1 is 1.50 bits per heavy atom. The van der Waals surface area contributed by atoms with Crippen LogP contribution in [0.2, 0.25) is 0 Å². The van der Waals surface area contributed by atoms with Gasteiger partial charge in [0, 0.05) is 12.6 Å². The van der Waals surface area contributed by atoms with Crippen molar-refractivity contribution in [3.05, 3.63) is 0 Å². The lowest BCUT2D eigenvalue weighted by Gasteiger charge is -2.34. The number of nitrogens with one attached hydrogen (secondary N) is 2. The van der Waals surface area contributed by atoms with Gasteiger partial charge in [-0.25, -0.2) is 5.84 Å². The molecule has 0 bridgehead atoms. The Bertz CT molecular complexity index is 185. The van der Waals surface area contributed by atoms with Gasteiger partial charge in [0.1, 0.15) is 0 Å². The predicted molar refractivity (Wildman–Crippen MR) is 59.9 cm³/mol. The van der Waals surface area contributed by atoms with E-state index in [2.05, 4.69) is 29.6 Å². The van der Waals surface area contributed by atoms with Gasteiger partial charge < -0.3 is 5.32 Å². The molecule has 0 aromatic rings. The van der Waals surface area contributed by atoms with Gasteiger partial charge in [0.2, 0.25) is 5.96 Å². The molecule has 1 saturated carbocycles. The summed E-state index contributed by atoms with van der Waals surface area (Å²) in [5.74, 6) is 6.97. The molecule has 0 aliphatic heterocycles. The predicted octanol–water partition coefficient (Wildman–Crippen LogP) is 0.994. The Morgan fingerprint density at radius 3 is 2.71 bits per heavy atom. The molecule has 82 valence electrons. The number of hydrogen-bond donors (Lipinski definition) is 3. The number of unbranched alkanes of at least 4 members (excludes halogenated alkanes) is 1. The molecule has 1 aliphatic rings. The van der Waals surface area contributed by atoms with Crippen LogP contribution in [0.25, 0.3) is 0 Å². The molecule has 0 heterocycles. The van der Waals surface area contributed by atoms with Crippen molar-refractivity contribution < 1.29 is 0 Å². The second kappa shape index (κ2) is 5.86. The number of nitrogens with two attached hydrogens (primary N) is 1. The number of hydrogen-bond acceptors (Lipinski definition) is 2. The van der Waals surface area contributed by atoms with Crippen molar-refractivity contribution >= 4 is 5.96 Å². The van der Waals surface area contributed by atoms with Crippen LogP contribution >= 0.6 is 0 Å². The lowest BCUT2D eigenvalue weighted by Crippen LogP contribution is -2.50. The first-order valence-electron chi connectivity index (χ1n) is 5.53. The minimum atomic E-state index is 0.571. The summed E-state index contributed by atoms with van der Waals surface area (Å²) >= 11 is 0. The number of guanidine groups is 1. The van der Waals surface area contributed by atoms with Gasteiger partial charge in [-0.3, -0.25) is 10.4 Å². The van der Waals surface area contributed by atoms with E-state index in [1.54, 1.807) is 0 Å². The van der Waals surface area contributed by atoms with E-state index in [4.69, 9.17) is 5.84 Å². The van der Waals surface area contributed by atoms with Crippen molar-refractivity contribution in [1.82, 2.24) is 10.7 Å². The zero-order chi connectivity index (χ0) is 10.4. The van der Waals surface area contributed by atoms with E-state index in [1.807, 2.05) is 0 Å². The van der Waals surface area contributed by atoms with Gasteiger partial charge >= 0.3 is 0 Å². The SMILES string of the molecule is CCCCN=C(NN)NC1CC(C)C1. The van der Waals surface area contributed by atoms with Crippen LogP contribution in [0.15, 0.2) is 4.99 Å². The molecule has 0 aromatic carbocycles. The smallest absolute Gasteiger partial charge is 0.205 e. The normalized spacial score (nSPS) is 26.9. The molecule has 0 unspecified atom stereocenters. The second-order valence-corrected chi connectivity index (χ2v) is 4.15. The van der Waals surface area contributed by atoms with Crippen molar-refractivity contribution in [3.8, 4) is 0 Å². The maximum Gasteiger partial charge on any atom is 0.205 e. The Balaban J connectivity index is 2.20. The minimum absolute atomic E-state index is 0.571. The standard InChI is InChI=1S/C10H22N4/c1-3-4-5-12-10(14-11)13-9-6-8(2)7-9/h8-9H,3-7,11H2,1-2H3,(H2,12,13,14). The third-order valence-corrected chi connectivity index (χ3v) is 2.63. The fourth-order valence-electron chi connectivity index (χ4n) is 1.70. The number of nitrogens with zero attached hydrogens (tertiary/aromatic N) is 1.